The lowest BCUT2D eigenvalue weighted by Gasteiger charge is -2.43. The number of ether oxygens (including phenoxy) is 1. The van der Waals surface area contributed by atoms with Crippen LogP contribution in [-0.2, 0) is 22.6 Å². The normalized spacial score (nSPS) is 23.2. The fourth-order valence-corrected chi connectivity index (χ4v) is 6.88. The van der Waals surface area contributed by atoms with E-state index in [1.165, 1.54) is 0 Å². The number of aliphatic hydroxyl groups excluding tert-OH is 1. The third-order valence-corrected chi connectivity index (χ3v) is 8.69. The summed E-state index contributed by atoms with van der Waals surface area (Å²) in [4.78, 5) is 28.2. The van der Waals surface area contributed by atoms with Crippen molar-refractivity contribution in [2.45, 2.75) is 75.6 Å². The Labute approximate surface area is 230 Å². The zero-order chi connectivity index (χ0) is 27.1. The number of nitrogens with zero attached hydrogens (tertiary/aromatic N) is 1. The summed E-state index contributed by atoms with van der Waals surface area (Å²) in [5, 5.41) is 18.0. The average molecular weight is 540 g/mol. The highest BCUT2D eigenvalue weighted by molar-refractivity contribution is 8.00. The van der Waals surface area contributed by atoms with Gasteiger partial charge in [-0.25, -0.2) is 4.79 Å². The van der Waals surface area contributed by atoms with Crippen LogP contribution in [0.3, 0.4) is 0 Å². The molecule has 5 atom stereocenters. The molecule has 3 N–H and O–H groups in total. The predicted octanol–water partition coefficient (Wildman–Crippen LogP) is 4.00. The number of β-amino-alcohol motifs (C(OH)–C–C–N with tert-alkyl or cyclic N) is 1. The van der Waals surface area contributed by atoms with E-state index in [0.29, 0.717) is 24.1 Å². The van der Waals surface area contributed by atoms with E-state index in [-0.39, 0.29) is 24.1 Å². The van der Waals surface area contributed by atoms with Gasteiger partial charge in [0, 0.05) is 23.9 Å². The lowest BCUT2D eigenvalue weighted by molar-refractivity contribution is -0.130. The number of rotatable bonds is 9. The first-order valence-electron chi connectivity index (χ1n) is 13.5. The topological polar surface area (TPSA) is 90.9 Å². The number of carbonyl (C=O) groups excluding carboxylic acids is 2. The van der Waals surface area contributed by atoms with Crippen LogP contribution in [-0.4, -0.2) is 69.8 Å². The van der Waals surface area contributed by atoms with Crippen molar-refractivity contribution in [2.75, 3.05) is 18.8 Å². The number of benzene rings is 2. The van der Waals surface area contributed by atoms with Crippen LogP contribution in [0.4, 0.5) is 4.79 Å². The monoisotopic (exact) mass is 539 g/mol. The maximum Gasteiger partial charge on any atom is 0.407 e. The molecular formula is C30H41N3O4S. The molecule has 2 aromatic rings. The van der Waals surface area contributed by atoms with E-state index in [2.05, 4.69) is 15.5 Å². The van der Waals surface area contributed by atoms with Gasteiger partial charge in [-0.3, -0.25) is 9.69 Å². The number of alkyl carbamates (subject to hydrolysis) is 1. The van der Waals surface area contributed by atoms with Crippen LogP contribution < -0.4 is 10.6 Å². The minimum Gasteiger partial charge on any atom is -0.445 e. The molecule has 2 unspecified atom stereocenters. The van der Waals surface area contributed by atoms with Gasteiger partial charge < -0.3 is 20.5 Å². The molecule has 38 heavy (non-hydrogen) atoms. The Morgan fingerprint density at radius 3 is 2.39 bits per heavy atom. The summed E-state index contributed by atoms with van der Waals surface area (Å²) in [5.74, 6) is 1.64. The van der Waals surface area contributed by atoms with Crippen LogP contribution in [0.1, 0.15) is 44.7 Å². The van der Waals surface area contributed by atoms with Crippen molar-refractivity contribution in [1.82, 2.24) is 15.5 Å². The quantitative estimate of drug-likeness (QED) is 0.446. The fourth-order valence-electron chi connectivity index (χ4n) is 5.32. The Morgan fingerprint density at radius 2 is 1.74 bits per heavy atom. The molecule has 0 spiro atoms. The smallest absolute Gasteiger partial charge is 0.407 e. The maximum atomic E-state index is 13.3. The fraction of sp³-hybridized carbons (Fsp3) is 0.533. The molecule has 0 saturated carbocycles. The Hall–Kier alpha value is -2.55. The van der Waals surface area contributed by atoms with Gasteiger partial charge in [-0.1, -0.05) is 60.7 Å². The van der Waals surface area contributed by atoms with Gasteiger partial charge in [-0.05, 0) is 62.8 Å². The van der Waals surface area contributed by atoms with E-state index in [9.17, 15) is 14.7 Å². The van der Waals surface area contributed by atoms with Gasteiger partial charge in [-0.15, -0.1) is 0 Å². The summed E-state index contributed by atoms with van der Waals surface area (Å²) in [5.41, 5.74) is 1.57. The van der Waals surface area contributed by atoms with Gasteiger partial charge in [0.2, 0.25) is 5.91 Å². The van der Waals surface area contributed by atoms with Crippen LogP contribution in [0.25, 0.3) is 0 Å². The lowest BCUT2D eigenvalue weighted by atomic mass is 9.89. The molecule has 8 heteroatoms. The van der Waals surface area contributed by atoms with Gasteiger partial charge in [0.1, 0.15) is 6.61 Å². The van der Waals surface area contributed by atoms with Crippen molar-refractivity contribution in [3.8, 4) is 0 Å². The Morgan fingerprint density at radius 1 is 1.08 bits per heavy atom. The summed E-state index contributed by atoms with van der Waals surface area (Å²) >= 11 is 1.96. The second-order valence-electron chi connectivity index (χ2n) is 11.5. The van der Waals surface area contributed by atoms with E-state index < -0.39 is 18.2 Å². The van der Waals surface area contributed by atoms with E-state index in [1.54, 1.807) is 0 Å². The molecule has 0 bridgehead atoms. The first-order valence-corrected chi connectivity index (χ1v) is 14.6. The number of nitrogens with one attached hydrogen (secondary N) is 2. The average Bonchev–Trinajstić information content (AvgIpc) is 3.34. The summed E-state index contributed by atoms with van der Waals surface area (Å²) in [6.45, 7) is 7.19. The first-order chi connectivity index (χ1) is 18.2. The number of fused-ring (bicyclic) bond motifs is 1. The largest absolute Gasteiger partial charge is 0.445 e. The van der Waals surface area contributed by atoms with E-state index in [1.807, 2.05) is 93.2 Å². The van der Waals surface area contributed by atoms with Crippen LogP contribution in [0.15, 0.2) is 60.7 Å². The summed E-state index contributed by atoms with van der Waals surface area (Å²) in [7, 11) is 0. The van der Waals surface area contributed by atoms with E-state index in [4.69, 9.17) is 4.74 Å². The van der Waals surface area contributed by atoms with Gasteiger partial charge in [-0.2, -0.15) is 11.8 Å². The summed E-state index contributed by atoms with van der Waals surface area (Å²) < 4.78 is 5.47. The minimum absolute atomic E-state index is 0.00508. The molecule has 0 radical (unpaired) electrons. The first kappa shape index (κ1) is 28.5. The molecule has 0 aliphatic carbocycles. The number of thioether (sulfide) groups is 1. The van der Waals surface area contributed by atoms with Gasteiger partial charge in [0.25, 0.3) is 0 Å². The molecule has 2 aliphatic heterocycles. The van der Waals surface area contributed by atoms with Crippen LogP contribution >= 0.6 is 11.8 Å². The SMILES string of the molecule is CC(C)(C)NC(=O)[C@@H]1C[C@@H]2SCC[C@@H]2CN1CC(O)C(Cc1ccccc1)NC(=O)OCc1ccccc1. The number of amides is 2. The minimum atomic E-state index is -0.880. The Bertz CT molecular complexity index is 1050. The second-order valence-corrected chi connectivity index (χ2v) is 12.8. The number of hydrogen-bond acceptors (Lipinski definition) is 6. The molecule has 2 aromatic carbocycles. The van der Waals surface area contributed by atoms with Crippen molar-refractivity contribution >= 4 is 23.8 Å². The van der Waals surface area contributed by atoms with Crippen LogP contribution in [0, 0.1) is 5.92 Å². The van der Waals surface area contributed by atoms with Crippen molar-refractivity contribution in [3.05, 3.63) is 71.8 Å². The van der Waals surface area contributed by atoms with Gasteiger partial charge >= 0.3 is 6.09 Å². The zero-order valence-corrected chi connectivity index (χ0v) is 23.5. The third kappa shape index (κ3) is 8.22. The van der Waals surface area contributed by atoms with Crippen molar-refractivity contribution in [1.29, 1.82) is 0 Å². The molecule has 4 rings (SSSR count). The molecule has 2 amide bonds. The van der Waals surface area contributed by atoms with Gasteiger partial charge in [0.05, 0.1) is 18.2 Å². The van der Waals surface area contributed by atoms with Crippen molar-refractivity contribution < 1.29 is 19.4 Å². The van der Waals surface area contributed by atoms with Crippen molar-refractivity contribution in [2.24, 2.45) is 5.92 Å². The van der Waals surface area contributed by atoms with E-state index >= 15 is 0 Å². The molecular weight excluding hydrogens is 498 g/mol. The number of likely N-dealkylation sites (tertiary alicyclic amines) is 1. The molecule has 206 valence electrons. The highest BCUT2D eigenvalue weighted by atomic mass is 32.2. The molecule has 2 aliphatic rings. The Kier molecular flexibility index (Phi) is 9.74. The molecule has 2 fully saturated rings. The summed E-state index contributed by atoms with van der Waals surface area (Å²) in [6, 6.07) is 18.4. The lowest BCUT2D eigenvalue weighted by Crippen LogP contribution is -2.60. The van der Waals surface area contributed by atoms with E-state index in [0.717, 1.165) is 36.3 Å². The molecule has 0 aromatic heterocycles. The molecule has 7 nitrogen and oxygen atoms in total. The second kappa shape index (κ2) is 13.0. The van der Waals surface area contributed by atoms with Crippen LogP contribution in [0.2, 0.25) is 0 Å². The van der Waals surface area contributed by atoms with Crippen molar-refractivity contribution in [3.63, 3.8) is 0 Å². The highest BCUT2D eigenvalue weighted by Crippen LogP contribution is 2.40. The number of aliphatic hydroxyl groups is 1. The van der Waals surface area contributed by atoms with Gasteiger partial charge in [0.15, 0.2) is 0 Å². The molecule has 2 saturated heterocycles. The predicted molar refractivity (Wildman–Crippen MR) is 152 cm³/mol. The van der Waals surface area contributed by atoms with Crippen LogP contribution in [0.5, 0.6) is 0 Å². The standard InChI is InChI=1S/C30H41N3O4S/c1-30(2,3)32-28(35)25-17-27-23(14-15-38-27)18-33(25)19-26(34)24(16-21-10-6-4-7-11-21)31-29(36)37-20-22-12-8-5-9-13-22/h4-13,23-27,34H,14-20H2,1-3H3,(H,31,36)(H,32,35)/t23-,24?,25+,26?,27+/m1/s1. The maximum absolute atomic E-state index is 13.3. The third-order valence-electron chi connectivity index (χ3n) is 7.21. The Balaban J connectivity index is 1.46. The number of hydrogen-bond donors (Lipinski definition) is 3. The summed E-state index contributed by atoms with van der Waals surface area (Å²) in [6.07, 6.45) is 0.918. The zero-order valence-electron chi connectivity index (χ0n) is 22.6. The number of piperidine rings is 1. The number of carbonyl (C=O) groups is 2. The molecule has 2 heterocycles. The highest BCUT2D eigenvalue weighted by Gasteiger charge is 2.43.